The molecule has 1 rings (SSSR count). The number of hydrogen-bond acceptors (Lipinski definition) is 4. The fourth-order valence-corrected chi connectivity index (χ4v) is 1.65. The molecule has 1 atom stereocenters. The molecule has 0 aliphatic carbocycles. The number of amides is 1. The average molecular weight is 345 g/mol. The normalized spacial score (nSPS) is 12.6. The molecule has 0 saturated heterocycles. The average Bonchev–Trinajstić information content (AvgIpc) is 2.28. The summed E-state index contributed by atoms with van der Waals surface area (Å²) in [6.07, 6.45) is 0.932. The Morgan fingerprint density at radius 1 is 1.45 bits per heavy atom. The highest BCUT2D eigenvalue weighted by atomic mass is 79.9. The molecule has 0 radical (unpaired) electrons. The first-order valence-corrected chi connectivity index (χ1v) is 6.79. The highest BCUT2D eigenvalue weighted by Gasteiger charge is 2.24. The van der Waals surface area contributed by atoms with Gasteiger partial charge < -0.3 is 15.2 Å². The lowest BCUT2D eigenvalue weighted by Crippen LogP contribution is -2.44. The van der Waals surface area contributed by atoms with Gasteiger partial charge in [0.1, 0.15) is 16.2 Å². The van der Waals surface area contributed by atoms with Gasteiger partial charge in [0.15, 0.2) is 0 Å². The van der Waals surface area contributed by atoms with Gasteiger partial charge in [0.05, 0.1) is 0 Å². The summed E-state index contributed by atoms with van der Waals surface area (Å²) in [6, 6.07) is 2.39. The van der Waals surface area contributed by atoms with Crippen LogP contribution in [0.1, 0.15) is 26.3 Å². The lowest BCUT2D eigenvalue weighted by Gasteiger charge is -2.22. The van der Waals surface area contributed by atoms with E-state index in [-0.39, 0.29) is 6.42 Å². The van der Waals surface area contributed by atoms with Crippen molar-refractivity contribution in [2.45, 2.75) is 38.8 Å². The van der Waals surface area contributed by atoms with Crippen LogP contribution in [0.2, 0.25) is 0 Å². The van der Waals surface area contributed by atoms with E-state index in [2.05, 4.69) is 26.2 Å². The summed E-state index contributed by atoms with van der Waals surface area (Å²) in [6.45, 7) is 5.13. The van der Waals surface area contributed by atoms with Crippen molar-refractivity contribution in [1.82, 2.24) is 10.3 Å². The molecule has 0 saturated carbocycles. The van der Waals surface area contributed by atoms with Crippen LogP contribution < -0.4 is 5.32 Å². The first-order chi connectivity index (χ1) is 9.17. The van der Waals surface area contributed by atoms with Crippen molar-refractivity contribution in [1.29, 1.82) is 0 Å². The molecule has 1 aromatic rings. The zero-order valence-corrected chi connectivity index (χ0v) is 13.1. The van der Waals surface area contributed by atoms with Crippen LogP contribution in [0.25, 0.3) is 0 Å². The molecule has 0 aliphatic rings. The third-order valence-corrected chi connectivity index (χ3v) is 2.69. The van der Waals surface area contributed by atoms with Crippen molar-refractivity contribution in [3.8, 4) is 0 Å². The Morgan fingerprint density at radius 3 is 2.55 bits per heavy atom. The predicted octanol–water partition coefficient (Wildman–Crippen LogP) is 2.36. The highest BCUT2D eigenvalue weighted by Crippen LogP contribution is 2.10. The summed E-state index contributed by atoms with van der Waals surface area (Å²) >= 11 is 3.20. The van der Waals surface area contributed by atoms with Gasteiger partial charge in [-0.15, -0.1) is 0 Å². The Kier molecular flexibility index (Phi) is 5.50. The van der Waals surface area contributed by atoms with Gasteiger partial charge in [0.2, 0.25) is 0 Å². The minimum atomic E-state index is -1.13. The molecule has 20 heavy (non-hydrogen) atoms. The quantitative estimate of drug-likeness (QED) is 0.818. The Hall–Kier alpha value is -1.63. The number of hydrogen-bond donors (Lipinski definition) is 2. The molecule has 6 nitrogen and oxygen atoms in total. The van der Waals surface area contributed by atoms with Crippen LogP contribution in [0.15, 0.2) is 22.9 Å². The van der Waals surface area contributed by atoms with Gasteiger partial charge in [-0.3, -0.25) is 0 Å². The molecule has 0 spiro atoms. The number of halogens is 1. The SMILES string of the molecule is CC(C)(C)OC(=O)NC(Cc1ccc(Br)nc1)C(=O)O. The van der Waals surface area contributed by atoms with E-state index in [1.54, 1.807) is 39.1 Å². The second-order valence-electron chi connectivity index (χ2n) is 5.23. The first-order valence-electron chi connectivity index (χ1n) is 6.00. The van der Waals surface area contributed by atoms with Crippen LogP contribution in [-0.2, 0) is 16.0 Å². The number of carbonyl (C=O) groups excluding carboxylic acids is 1. The summed E-state index contributed by atoms with van der Waals surface area (Å²) in [5, 5.41) is 11.5. The van der Waals surface area contributed by atoms with Crippen LogP contribution >= 0.6 is 15.9 Å². The van der Waals surface area contributed by atoms with E-state index < -0.39 is 23.7 Å². The summed E-state index contributed by atoms with van der Waals surface area (Å²) in [5.41, 5.74) is 0.0309. The predicted molar refractivity (Wildman–Crippen MR) is 76.4 cm³/mol. The lowest BCUT2D eigenvalue weighted by molar-refractivity contribution is -0.139. The van der Waals surface area contributed by atoms with Crippen LogP contribution in [0.3, 0.4) is 0 Å². The molecule has 1 amide bonds. The third kappa shape index (κ3) is 6.01. The standard InChI is InChI=1S/C13H17BrN2O4/c1-13(2,3)20-12(19)16-9(11(17)18)6-8-4-5-10(14)15-7-8/h4-5,7,9H,6H2,1-3H3,(H,16,19)(H,17,18). The maximum Gasteiger partial charge on any atom is 0.408 e. The van der Waals surface area contributed by atoms with E-state index in [1.165, 1.54) is 0 Å². The number of aliphatic carboxylic acids is 1. The molecule has 0 bridgehead atoms. The first kappa shape index (κ1) is 16.4. The number of ether oxygens (including phenoxy) is 1. The summed E-state index contributed by atoms with van der Waals surface area (Å²) in [5.74, 6) is -1.13. The zero-order chi connectivity index (χ0) is 15.3. The minimum Gasteiger partial charge on any atom is -0.480 e. The number of nitrogens with zero attached hydrogens (tertiary/aromatic N) is 1. The number of carbonyl (C=O) groups is 2. The Balaban J connectivity index is 2.68. The Morgan fingerprint density at radius 2 is 2.10 bits per heavy atom. The van der Waals surface area contributed by atoms with Gasteiger partial charge in [-0.1, -0.05) is 6.07 Å². The topological polar surface area (TPSA) is 88.5 Å². The Bertz CT molecular complexity index is 482. The molecule has 7 heteroatoms. The maximum atomic E-state index is 11.6. The van der Waals surface area contributed by atoms with E-state index in [4.69, 9.17) is 9.84 Å². The van der Waals surface area contributed by atoms with Crippen LogP contribution in [-0.4, -0.2) is 33.8 Å². The monoisotopic (exact) mass is 344 g/mol. The second kappa shape index (κ2) is 6.69. The van der Waals surface area contributed by atoms with Crippen molar-refractivity contribution < 1.29 is 19.4 Å². The molecular weight excluding hydrogens is 328 g/mol. The van der Waals surface area contributed by atoms with Gasteiger partial charge in [0, 0.05) is 12.6 Å². The fourth-order valence-electron chi connectivity index (χ4n) is 1.41. The summed E-state index contributed by atoms with van der Waals surface area (Å²) in [7, 11) is 0. The molecule has 0 aliphatic heterocycles. The van der Waals surface area contributed by atoms with E-state index in [0.717, 1.165) is 0 Å². The van der Waals surface area contributed by atoms with Crippen molar-refractivity contribution >= 4 is 28.0 Å². The molecule has 2 N–H and O–H groups in total. The number of carboxylic acids is 1. The van der Waals surface area contributed by atoms with Crippen molar-refractivity contribution in [2.24, 2.45) is 0 Å². The summed E-state index contributed by atoms with van der Waals surface area (Å²) in [4.78, 5) is 26.8. The second-order valence-corrected chi connectivity index (χ2v) is 6.04. The van der Waals surface area contributed by atoms with E-state index >= 15 is 0 Å². The lowest BCUT2D eigenvalue weighted by atomic mass is 10.1. The van der Waals surface area contributed by atoms with Gasteiger partial charge in [0.25, 0.3) is 0 Å². The highest BCUT2D eigenvalue weighted by molar-refractivity contribution is 9.10. The number of nitrogens with one attached hydrogen (secondary N) is 1. The molecule has 1 unspecified atom stereocenters. The smallest absolute Gasteiger partial charge is 0.408 e. The minimum absolute atomic E-state index is 0.134. The third-order valence-electron chi connectivity index (χ3n) is 2.22. The summed E-state index contributed by atoms with van der Waals surface area (Å²) < 4.78 is 5.70. The Labute approximate surface area is 125 Å². The molecule has 1 heterocycles. The van der Waals surface area contributed by atoms with Gasteiger partial charge in [-0.25, -0.2) is 14.6 Å². The number of carboxylic acid groups (broad SMARTS) is 1. The van der Waals surface area contributed by atoms with Crippen LogP contribution in [0, 0.1) is 0 Å². The molecule has 110 valence electrons. The van der Waals surface area contributed by atoms with Gasteiger partial charge in [-0.05, 0) is 48.3 Å². The van der Waals surface area contributed by atoms with Crippen molar-refractivity contribution in [2.75, 3.05) is 0 Å². The zero-order valence-electron chi connectivity index (χ0n) is 11.5. The number of rotatable bonds is 4. The van der Waals surface area contributed by atoms with E-state index in [9.17, 15) is 9.59 Å². The van der Waals surface area contributed by atoms with Crippen molar-refractivity contribution in [3.05, 3.63) is 28.5 Å². The van der Waals surface area contributed by atoms with Gasteiger partial charge >= 0.3 is 12.1 Å². The fraction of sp³-hybridized carbons (Fsp3) is 0.462. The van der Waals surface area contributed by atoms with Crippen LogP contribution in [0.4, 0.5) is 4.79 Å². The number of pyridine rings is 1. The maximum absolute atomic E-state index is 11.6. The van der Waals surface area contributed by atoms with E-state index in [0.29, 0.717) is 10.2 Å². The molecule has 0 fully saturated rings. The molecular formula is C13H17BrN2O4. The largest absolute Gasteiger partial charge is 0.480 e. The van der Waals surface area contributed by atoms with Crippen molar-refractivity contribution in [3.63, 3.8) is 0 Å². The van der Waals surface area contributed by atoms with Gasteiger partial charge in [-0.2, -0.15) is 0 Å². The number of aromatic nitrogens is 1. The molecule has 0 aromatic carbocycles. The number of alkyl carbamates (subject to hydrolysis) is 1. The van der Waals surface area contributed by atoms with E-state index in [1.807, 2.05) is 0 Å². The molecule has 1 aromatic heterocycles. The van der Waals surface area contributed by atoms with Crippen LogP contribution in [0.5, 0.6) is 0 Å².